The molecule has 3 aromatic rings. The lowest BCUT2D eigenvalue weighted by Crippen LogP contribution is -2.47. The van der Waals surface area contributed by atoms with Crippen LogP contribution in [0.4, 0.5) is 11.5 Å². The Kier molecular flexibility index (Phi) is 6.44. The van der Waals surface area contributed by atoms with E-state index in [0.717, 1.165) is 66.2 Å². The number of methoxy groups -OCH3 is 1. The third kappa shape index (κ3) is 4.47. The average molecular weight is 435 g/mol. The van der Waals surface area contributed by atoms with Crippen molar-refractivity contribution in [3.8, 4) is 5.75 Å². The first-order valence-electron chi connectivity index (χ1n) is 11.1. The van der Waals surface area contributed by atoms with Gasteiger partial charge in [-0.05, 0) is 67.8 Å². The van der Waals surface area contributed by atoms with Crippen LogP contribution in [0, 0.1) is 13.8 Å². The van der Waals surface area contributed by atoms with E-state index < -0.39 is 5.97 Å². The predicted molar refractivity (Wildman–Crippen MR) is 127 cm³/mol. The molecule has 2 aromatic carbocycles. The van der Waals surface area contributed by atoms with E-state index in [1.807, 2.05) is 38.1 Å². The Morgan fingerprint density at radius 2 is 1.53 bits per heavy atom. The molecule has 1 aromatic heterocycles. The summed E-state index contributed by atoms with van der Waals surface area (Å²) in [5.41, 5.74) is 5.25. The van der Waals surface area contributed by atoms with Gasteiger partial charge in [0.25, 0.3) is 0 Å². The SMILES string of the molecule is CCCOC(=O)c1nc2cc(C)c(C)cc2nc1N1CCN(c2ccc(OC)cc2)CC1. The molecule has 1 aliphatic heterocycles. The lowest BCUT2D eigenvalue weighted by molar-refractivity contribution is 0.0499. The molecule has 0 bridgehead atoms. The fraction of sp³-hybridized carbons (Fsp3) is 0.400. The fourth-order valence-electron chi connectivity index (χ4n) is 3.89. The third-order valence-corrected chi connectivity index (χ3v) is 5.91. The quantitative estimate of drug-likeness (QED) is 0.540. The van der Waals surface area contributed by atoms with Gasteiger partial charge in [-0.1, -0.05) is 6.92 Å². The van der Waals surface area contributed by atoms with Crippen molar-refractivity contribution in [1.82, 2.24) is 9.97 Å². The minimum absolute atomic E-state index is 0.298. The molecule has 0 amide bonds. The largest absolute Gasteiger partial charge is 0.497 e. The Labute approximate surface area is 189 Å². The summed E-state index contributed by atoms with van der Waals surface area (Å²) in [6, 6.07) is 12.1. The molecule has 7 heteroatoms. The van der Waals surface area contributed by atoms with E-state index in [4.69, 9.17) is 19.4 Å². The van der Waals surface area contributed by atoms with Crippen LogP contribution in [0.2, 0.25) is 0 Å². The maximum absolute atomic E-state index is 12.8. The molecule has 0 atom stereocenters. The Morgan fingerprint density at radius 3 is 2.12 bits per heavy atom. The lowest BCUT2D eigenvalue weighted by atomic mass is 10.1. The number of fused-ring (bicyclic) bond motifs is 1. The first-order chi connectivity index (χ1) is 15.5. The summed E-state index contributed by atoms with van der Waals surface area (Å²) < 4.78 is 10.7. The second-order valence-electron chi connectivity index (χ2n) is 8.13. The number of carbonyl (C=O) groups is 1. The summed E-state index contributed by atoms with van der Waals surface area (Å²) in [6.45, 7) is 9.58. The Morgan fingerprint density at radius 1 is 0.938 bits per heavy atom. The van der Waals surface area contributed by atoms with Gasteiger partial charge >= 0.3 is 5.97 Å². The monoisotopic (exact) mass is 434 g/mol. The number of hydrogen-bond acceptors (Lipinski definition) is 7. The number of piperazine rings is 1. The molecule has 168 valence electrons. The first-order valence-corrected chi connectivity index (χ1v) is 11.1. The van der Waals surface area contributed by atoms with Crippen LogP contribution in [0.25, 0.3) is 11.0 Å². The predicted octanol–water partition coefficient (Wildman–Crippen LogP) is 4.15. The molecule has 0 aliphatic carbocycles. The van der Waals surface area contributed by atoms with Crippen molar-refractivity contribution in [3.63, 3.8) is 0 Å². The molecular formula is C25H30N4O3. The smallest absolute Gasteiger partial charge is 0.360 e. The van der Waals surface area contributed by atoms with Crippen LogP contribution in [0.15, 0.2) is 36.4 Å². The molecule has 4 rings (SSSR count). The van der Waals surface area contributed by atoms with E-state index in [0.29, 0.717) is 18.1 Å². The molecule has 1 saturated heterocycles. The number of nitrogens with zero attached hydrogens (tertiary/aromatic N) is 4. The average Bonchev–Trinajstić information content (AvgIpc) is 2.83. The van der Waals surface area contributed by atoms with Crippen LogP contribution < -0.4 is 14.5 Å². The minimum Gasteiger partial charge on any atom is -0.497 e. The number of ether oxygens (including phenoxy) is 2. The van der Waals surface area contributed by atoms with Gasteiger partial charge in [-0.15, -0.1) is 0 Å². The van der Waals surface area contributed by atoms with E-state index in [-0.39, 0.29) is 0 Å². The fourth-order valence-corrected chi connectivity index (χ4v) is 3.89. The lowest BCUT2D eigenvalue weighted by Gasteiger charge is -2.37. The number of benzene rings is 2. The molecule has 7 nitrogen and oxygen atoms in total. The van der Waals surface area contributed by atoms with Crippen molar-refractivity contribution in [2.45, 2.75) is 27.2 Å². The number of anilines is 2. The van der Waals surface area contributed by atoms with Crippen molar-refractivity contribution in [2.24, 2.45) is 0 Å². The van der Waals surface area contributed by atoms with Gasteiger partial charge in [0.2, 0.25) is 0 Å². The molecule has 0 radical (unpaired) electrons. The highest BCUT2D eigenvalue weighted by Crippen LogP contribution is 2.26. The molecule has 1 fully saturated rings. The number of aromatic nitrogens is 2. The molecule has 0 spiro atoms. The highest BCUT2D eigenvalue weighted by atomic mass is 16.5. The second-order valence-corrected chi connectivity index (χ2v) is 8.13. The summed E-state index contributed by atoms with van der Waals surface area (Å²) in [4.78, 5) is 26.9. The molecule has 0 N–H and O–H groups in total. The molecule has 0 saturated carbocycles. The standard InChI is InChI=1S/C25H30N4O3/c1-5-14-32-25(30)23-24(27-22-16-18(3)17(2)15-21(22)26-23)29-12-10-28(11-13-29)19-6-8-20(31-4)9-7-19/h6-9,15-16H,5,10-14H2,1-4H3. The molecule has 2 heterocycles. The summed E-state index contributed by atoms with van der Waals surface area (Å²) in [5, 5.41) is 0. The molecular weight excluding hydrogens is 404 g/mol. The molecule has 0 unspecified atom stereocenters. The van der Waals surface area contributed by atoms with E-state index in [2.05, 4.69) is 28.9 Å². The van der Waals surface area contributed by atoms with Crippen LogP contribution in [-0.2, 0) is 4.74 Å². The zero-order valence-electron chi connectivity index (χ0n) is 19.2. The third-order valence-electron chi connectivity index (χ3n) is 5.91. The Hall–Kier alpha value is -3.35. The molecule has 1 aliphatic rings. The van der Waals surface area contributed by atoms with E-state index >= 15 is 0 Å². The number of esters is 1. The first kappa shape index (κ1) is 21.9. The van der Waals surface area contributed by atoms with Crippen LogP contribution in [0.3, 0.4) is 0 Å². The maximum Gasteiger partial charge on any atom is 0.360 e. The summed E-state index contributed by atoms with van der Waals surface area (Å²) in [7, 11) is 1.67. The zero-order valence-corrected chi connectivity index (χ0v) is 19.2. The van der Waals surface area contributed by atoms with Crippen molar-refractivity contribution < 1.29 is 14.3 Å². The van der Waals surface area contributed by atoms with Crippen LogP contribution >= 0.6 is 0 Å². The highest BCUT2D eigenvalue weighted by molar-refractivity contribution is 5.95. The number of aryl methyl sites for hydroxylation is 2. The van der Waals surface area contributed by atoms with Crippen LogP contribution in [0.1, 0.15) is 35.0 Å². The van der Waals surface area contributed by atoms with E-state index in [1.54, 1.807) is 7.11 Å². The van der Waals surface area contributed by atoms with Crippen molar-refractivity contribution in [2.75, 3.05) is 49.7 Å². The van der Waals surface area contributed by atoms with Crippen molar-refractivity contribution in [3.05, 3.63) is 53.2 Å². The highest BCUT2D eigenvalue weighted by Gasteiger charge is 2.26. The topological polar surface area (TPSA) is 67.8 Å². The molecule has 32 heavy (non-hydrogen) atoms. The van der Waals surface area contributed by atoms with E-state index in [1.165, 1.54) is 0 Å². The number of rotatable bonds is 6. The van der Waals surface area contributed by atoms with Crippen LogP contribution in [-0.4, -0.2) is 55.8 Å². The number of hydrogen-bond donors (Lipinski definition) is 0. The van der Waals surface area contributed by atoms with Crippen molar-refractivity contribution >= 4 is 28.5 Å². The van der Waals surface area contributed by atoms with Gasteiger partial charge in [0.15, 0.2) is 11.5 Å². The summed E-state index contributed by atoms with van der Waals surface area (Å²) in [5.74, 6) is 1.04. The van der Waals surface area contributed by atoms with Gasteiger partial charge in [0.1, 0.15) is 5.75 Å². The van der Waals surface area contributed by atoms with Crippen molar-refractivity contribution in [1.29, 1.82) is 0 Å². The van der Waals surface area contributed by atoms with Gasteiger partial charge in [0.05, 0.1) is 24.8 Å². The zero-order chi connectivity index (χ0) is 22.7. The van der Waals surface area contributed by atoms with E-state index in [9.17, 15) is 4.79 Å². The minimum atomic E-state index is -0.410. The van der Waals surface area contributed by atoms with Gasteiger partial charge in [0, 0.05) is 31.9 Å². The summed E-state index contributed by atoms with van der Waals surface area (Å²) >= 11 is 0. The van der Waals surface area contributed by atoms with Gasteiger partial charge in [-0.3, -0.25) is 0 Å². The Bertz CT molecular complexity index is 1110. The summed E-state index contributed by atoms with van der Waals surface area (Å²) in [6.07, 6.45) is 0.765. The maximum atomic E-state index is 12.8. The van der Waals surface area contributed by atoms with Gasteiger partial charge < -0.3 is 19.3 Å². The van der Waals surface area contributed by atoms with Gasteiger partial charge in [-0.25, -0.2) is 14.8 Å². The Balaban J connectivity index is 1.61. The second kappa shape index (κ2) is 9.42. The number of carbonyl (C=O) groups excluding carboxylic acids is 1. The van der Waals surface area contributed by atoms with Crippen LogP contribution in [0.5, 0.6) is 5.75 Å². The normalized spacial score (nSPS) is 14.0. The van der Waals surface area contributed by atoms with Gasteiger partial charge in [-0.2, -0.15) is 0 Å².